The molecule has 0 amide bonds. The largest absolute Gasteiger partial charge is 0.353 e. The SMILES string of the molecule is Brc1ccc2c[c][nH]c2c1. The zero-order valence-electron chi connectivity index (χ0n) is 5.19. The summed E-state index contributed by atoms with van der Waals surface area (Å²) in [6, 6.07) is 8.03. The fourth-order valence-electron chi connectivity index (χ4n) is 0.954. The number of rotatable bonds is 0. The molecule has 1 nitrogen and oxygen atoms in total. The second-order valence-corrected chi connectivity index (χ2v) is 3.06. The van der Waals surface area contributed by atoms with Gasteiger partial charge in [-0.1, -0.05) is 22.0 Å². The lowest BCUT2D eigenvalue weighted by molar-refractivity contribution is 1.45. The summed E-state index contributed by atoms with van der Waals surface area (Å²) in [5.41, 5.74) is 1.12. The highest BCUT2D eigenvalue weighted by atomic mass is 79.9. The lowest BCUT2D eigenvalue weighted by Crippen LogP contribution is -1.66. The van der Waals surface area contributed by atoms with Gasteiger partial charge in [0, 0.05) is 15.4 Å². The quantitative estimate of drug-likeness (QED) is 0.665. The van der Waals surface area contributed by atoms with E-state index < -0.39 is 0 Å². The van der Waals surface area contributed by atoms with Crippen LogP contribution in [-0.2, 0) is 0 Å². The molecule has 0 spiro atoms. The third kappa shape index (κ3) is 0.847. The molecule has 1 aromatic carbocycles. The minimum atomic E-state index is 1.09. The highest BCUT2D eigenvalue weighted by Crippen LogP contribution is 2.17. The molecule has 0 aliphatic rings. The Morgan fingerprint density at radius 1 is 1.40 bits per heavy atom. The smallest absolute Gasteiger partial charge is 0.0630 e. The number of fused-ring (bicyclic) bond motifs is 1. The first kappa shape index (κ1) is 5.98. The Bertz CT molecular complexity index is 351. The standard InChI is InChI=1S/C8H5BrN/c9-7-2-1-6-3-4-10-8(6)5-7/h1-3,5,10H. The summed E-state index contributed by atoms with van der Waals surface area (Å²) in [4.78, 5) is 3.01. The molecule has 49 valence electrons. The van der Waals surface area contributed by atoms with Crippen molar-refractivity contribution in [3.05, 3.63) is 34.9 Å². The van der Waals surface area contributed by atoms with Crippen molar-refractivity contribution in [1.29, 1.82) is 0 Å². The maximum absolute atomic E-state index is 3.38. The number of nitrogens with one attached hydrogen (secondary N) is 1. The van der Waals surface area contributed by atoms with E-state index in [1.807, 2.05) is 24.3 Å². The van der Waals surface area contributed by atoms with Gasteiger partial charge in [-0.25, -0.2) is 0 Å². The summed E-state index contributed by atoms with van der Waals surface area (Å²) in [5, 5.41) is 1.20. The fraction of sp³-hybridized carbons (Fsp3) is 0. The van der Waals surface area contributed by atoms with Crippen LogP contribution < -0.4 is 0 Å². The van der Waals surface area contributed by atoms with Crippen LogP contribution in [0.5, 0.6) is 0 Å². The lowest BCUT2D eigenvalue weighted by atomic mass is 10.3. The van der Waals surface area contributed by atoms with E-state index in [4.69, 9.17) is 0 Å². The molecular weight excluding hydrogens is 190 g/mol. The number of halogens is 1. The topological polar surface area (TPSA) is 15.8 Å². The van der Waals surface area contributed by atoms with Crippen molar-refractivity contribution in [2.45, 2.75) is 0 Å². The number of aromatic nitrogens is 1. The third-order valence-corrected chi connectivity index (χ3v) is 1.94. The highest BCUT2D eigenvalue weighted by Gasteiger charge is 1.92. The molecule has 2 heteroatoms. The molecule has 1 aromatic heterocycles. The Kier molecular flexibility index (Phi) is 1.27. The average molecular weight is 195 g/mol. The van der Waals surface area contributed by atoms with Gasteiger partial charge in [0.2, 0.25) is 0 Å². The Hall–Kier alpha value is -0.760. The van der Waals surface area contributed by atoms with Crippen molar-refractivity contribution in [3.8, 4) is 0 Å². The van der Waals surface area contributed by atoms with Crippen LogP contribution in [-0.4, -0.2) is 4.98 Å². The van der Waals surface area contributed by atoms with Gasteiger partial charge in [0.25, 0.3) is 0 Å². The second kappa shape index (κ2) is 2.13. The van der Waals surface area contributed by atoms with Gasteiger partial charge in [0.1, 0.15) is 0 Å². The van der Waals surface area contributed by atoms with Crippen LogP contribution >= 0.6 is 15.9 Å². The average Bonchev–Trinajstić information content (AvgIpc) is 2.33. The molecule has 1 radical (unpaired) electrons. The van der Waals surface area contributed by atoms with Crippen LogP contribution in [0.2, 0.25) is 0 Å². The number of aromatic amines is 1. The summed E-state index contributed by atoms with van der Waals surface area (Å²) in [6.45, 7) is 0. The van der Waals surface area contributed by atoms with Gasteiger partial charge < -0.3 is 4.98 Å². The zero-order chi connectivity index (χ0) is 6.97. The van der Waals surface area contributed by atoms with Crippen LogP contribution in [0.4, 0.5) is 0 Å². The van der Waals surface area contributed by atoms with E-state index in [0.717, 1.165) is 9.99 Å². The highest BCUT2D eigenvalue weighted by molar-refractivity contribution is 9.10. The number of benzene rings is 1. The van der Waals surface area contributed by atoms with E-state index in [2.05, 4.69) is 27.1 Å². The first-order valence-corrected chi connectivity index (χ1v) is 3.80. The molecule has 2 aromatic rings. The molecule has 0 saturated carbocycles. The van der Waals surface area contributed by atoms with Crippen LogP contribution in [0.3, 0.4) is 0 Å². The van der Waals surface area contributed by atoms with Gasteiger partial charge in [0.15, 0.2) is 0 Å². The van der Waals surface area contributed by atoms with E-state index in [0.29, 0.717) is 0 Å². The Labute approximate surface area is 67.2 Å². The van der Waals surface area contributed by atoms with Crippen molar-refractivity contribution in [3.63, 3.8) is 0 Å². The molecule has 10 heavy (non-hydrogen) atoms. The van der Waals surface area contributed by atoms with E-state index in [1.54, 1.807) is 0 Å². The summed E-state index contributed by atoms with van der Waals surface area (Å²) in [5.74, 6) is 0. The molecule has 0 aliphatic carbocycles. The molecule has 0 saturated heterocycles. The predicted octanol–water partition coefficient (Wildman–Crippen LogP) is 2.73. The zero-order valence-corrected chi connectivity index (χ0v) is 6.77. The number of H-pyrrole nitrogens is 1. The van der Waals surface area contributed by atoms with Crippen LogP contribution in [0.15, 0.2) is 28.7 Å². The molecule has 2 rings (SSSR count). The minimum absolute atomic E-state index is 1.09. The molecular formula is C8H5BrN. The second-order valence-electron chi connectivity index (χ2n) is 2.15. The first-order valence-electron chi connectivity index (χ1n) is 3.00. The molecule has 1 heterocycles. The van der Waals surface area contributed by atoms with Crippen LogP contribution in [0, 0.1) is 6.20 Å². The van der Waals surface area contributed by atoms with Gasteiger partial charge >= 0.3 is 0 Å². The van der Waals surface area contributed by atoms with E-state index in [9.17, 15) is 0 Å². The summed E-state index contributed by atoms with van der Waals surface area (Å²) in [7, 11) is 0. The minimum Gasteiger partial charge on any atom is -0.353 e. The Morgan fingerprint density at radius 3 is 3.20 bits per heavy atom. The normalized spacial score (nSPS) is 10.5. The van der Waals surface area contributed by atoms with E-state index >= 15 is 0 Å². The van der Waals surface area contributed by atoms with Crippen molar-refractivity contribution < 1.29 is 0 Å². The van der Waals surface area contributed by atoms with Gasteiger partial charge in [-0.05, 0) is 18.2 Å². The monoisotopic (exact) mass is 194 g/mol. The van der Waals surface area contributed by atoms with Crippen molar-refractivity contribution in [2.24, 2.45) is 0 Å². The van der Waals surface area contributed by atoms with Crippen LogP contribution in [0.25, 0.3) is 10.9 Å². The summed E-state index contributed by atoms with van der Waals surface area (Å²) >= 11 is 3.38. The molecule has 0 fully saturated rings. The van der Waals surface area contributed by atoms with Crippen molar-refractivity contribution >= 4 is 26.8 Å². The van der Waals surface area contributed by atoms with Gasteiger partial charge in [-0.15, -0.1) is 0 Å². The van der Waals surface area contributed by atoms with E-state index in [-0.39, 0.29) is 0 Å². The summed E-state index contributed by atoms with van der Waals surface area (Å²) in [6.07, 6.45) is 2.92. The van der Waals surface area contributed by atoms with Crippen molar-refractivity contribution in [2.75, 3.05) is 0 Å². The molecule has 0 bridgehead atoms. The van der Waals surface area contributed by atoms with Gasteiger partial charge in [-0.2, -0.15) is 0 Å². The van der Waals surface area contributed by atoms with E-state index in [1.165, 1.54) is 5.39 Å². The molecule has 1 N–H and O–H groups in total. The third-order valence-electron chi connectivity index (χ3n) is 1.45. The molecule has 0 atom stereocenters. The van der Waals surface area contributed by atoms with Crippen molar-refractivity contribution in [1.82, 2.24) is 4.98 Å². The van der Waals surface area contributed by atoms with Crippen LogP contribution in [0.1, 0.15) is 0 Å². The maximum atomic E-state index is 3.38. The lowest BCUT2D eigenvalue weighted by Gasteiger charge is -1.88. The molecule has 0 unspecified atom stereocenters. The summed E-state index contributed by atoms with van der Waals surface area (Å²) < 4.78 is 1.09. The Balaban J connectivity index is 2.86. The number of hydrogen-bond acceptors (Lipinski definition) is 0. The molecule has 0 aliphatic heterocycles. The Morgan fingerprint density at radius 2 is 2.30 bits per heavy atom. The first-order chi connectivity index (χ1) is 4.86. The van der Waals surface area contributed by atoms with Gasteiger partial charge in [0.05, 0.1) is 6.20 Å². The fourth-order valence-corrected chi connectivity index (χ4v) is 1.32. The number of hydrogen-bond donors (Lipinski definition) is 1. The van der Waals surface area contributed by atoms with Gasteiger partial charge in [-0.3, -0.25) is 0 Å². The maximum Gasteiger partial charge on any atom is 0.0630 e. The predicted molar refractivity (Wildman–Crippen MR) is 44.8 cm³/mol.